The van der Waals surface area contributed by atoms with Gasteiger partial charge in [-0.3, -0.25) is 0 Å². The number of hydrogen-bond donors (Lipinski definition) is 0. The smallest absolute Gasteiger partial charge is 0.177 e. The van der Waals surface area contributed by atoms with Crippen LogP contribution in [0, 0.1) is 11.8 Å². The lowest BCUT2D eigenvalue weighted by molar-refractivity contribution is 0.159. The topological polar surface area (TPSA) is 74.8 Å². The van der Waals surface area contributed by atoms with Gasteiger partial charge < -0.3 is 9.80 Å². The van der Waals surface area contributed by atoms with Crippen LogP contribution >= 0.6 is 0 Å². The number of piperidine rings is 2. The first-order valence-electron chi connectivity index (χ1n) is 10.1. The Kier molecular flexibility index (Phi) is 6.41. The molecule has 0 saturated carbocycles. The second-order valence-electron chi connectivity index (χ2n) is 8.61. The maximum Gasteiger partial charge on any atom is 0.177 e. The van der Waals surface area contributed by atoms with Gasteiger partial charge in [0.1, 0.15) is 0 Å². The van der Waals surface area contributed by atoms with Crippen molar-refractivity contribution in [3.63, 3.8) is 0 Å². The van der Waals surface area contributed by atoms with Crippen LogP contribution in [-0.4, -0.2) is 67.0 Å². The summed E-state index contributed by atoms with van der Waals surface area (Å²) in [6.07, 6.45) is 6.92. The molecule has 2 heterocycles. The molecule has 0 aliphatic carbocycles. The van der Waals surface area contributed by atoms with Gasteiger partial charge in [0.05, 0.1) is 15.5 Å². The lowest BCUT2D eigenvalue weighted by Crippen LogP contribution is -2.43. The van der Waals surface area contributed by atoms with E-state index in [0.717, 1.165) is 64.0 Å². The van der Waals surface area contributed by atoms with Crippen molar-refractivity contribution in [1.82, 2.24) is 4.90 Å². The van der Waals surface area contributed by atoms with Gasteiger partial charge in [0, 0.05) is 32.1 Å². The predicted molar refractivity (Wildman–Crippen MR) is 112 cm³/mol. The molecule has 0 bridgehead atoms. The van der Waals surface area contributed by atoms with Crippen molar-refractivity contribution in [1.29, 1.82) is 0 Å². The summed E-state index contributed by atoms with van der Waals surface area (Å²) < 4.78 is 48.5. The first-order chi connectivity index (χ1) is 13.0. The molecule has 2 saturated heterocycles. The van der Waals surface area contributed by atoms with Crippen molar-refractivity contribution in [3.05, 3.63) is 18.2 Å². The van der Waals surface area contributed by atoms with E-state index in [1.54, 1.807) is 6.07 Å². The third-order valence-electron chi connectivity index (χ3n) is 6.01. The molecular weight excluding hydrogens is 396 g/mol. The third-order valence-corrected chi connectivity index (χ3v) is 8.25. The highest BCUT2D eigenvalue weighted by molar-refractivity contribution is 7.91. The van der Waals surface area contributed by atoms with E-state index in [2.05, 4.69) is 16.7 Å². The fraction of sp³-hybridized carbons (Fsp3) is 0.700. The van der Waals surface area contributed by atoms with Crippen molar-refractivity contribution >= 4 is 25.4 Å². The molecule has 6 nitrogen and oxygen atoms in total. The molecule has 0 radical (unpaired) electrons. The fourth-order valence-corrected chi connectivity index (χ4v) is 5.97. The molecule has 0 amide bonds. The number of likely N-dealkylation sites (tertiary alicyclic amines) is 1. The summed E-state index contributed by atoms with van der Waals surface area (Å²) in [7, 11) is -6.99. The molecule has 158 valence electrons. The van der Waals surface area contributed by atoms with Crippen LogP contribution in [0.1, 0.15) is 32.6 Å². The standard InChI is InChI=1S/C20H32N2O4S2/c1-16-8-11-21(12-9-16)14-17-5-4-10-22(15-17)19-7-6-18(27(2,23)24)13-20(19)28(3,25)26/h6-7,13,16-17H,4-5,8-12,14-15H2,1-3H3. The minimum Gasteiger partial charge on any atom is -0.370 e. The number of benzene rings is 1. The largest absolute Gasteiger partial charge is 0.370 e. The van der Waals surface area contributed by atoms with E-state index < -0.39 is 19.7 Å². The summed E-state index contributed by atoms with van der Waals surface area (Å²) in [6, 6.07) is 4.50. The second-order valence-corrected chi connectivity index (χ2v) is 12.6. The van der Waals surface area contributed by atoms with Gasteiger partial charge in [-0.15, -0.1) is 0 Å². The van der Waals surface area contributed by atoms with Crippen LogP contribution in [0.25, 0.3) is 0 Å². The van der Waals surface area contributed by atoms with Crippen LogP contribution in [0.4, 0.5) is 5.69 Å². The number of hydrogen-bond acceptors (Lipinski definition) is 6. The molecule has 1 aromatic carbocycles. The van der Waals surface area contributed by atoms with E-state index in [1.807, 2.05) is 0 Å². The maximum absolute atomic E-state index is 12.4. The number of anilines is 1. The number of rotatable bonds is 5. The van der Waals surface area contributed by atoms with Gasteiger partial charge in [0.25, 0.3) is 0 Å². The highest BCUT2D eigenvalue weighted by atomic mass is 32.2. The van der Waals surface area contributed by atoms with Crippen LogP contribution in [0.2, 0.25) is 0 Å². The van der Waals surface area contributed by atoms with E-state index in [9.17, 15) is 16.8 Å². The Bertz CT molecular complexity index is 904. The van der Waals surface area contributed by atoms with Crippen LogP contribution in [-0.2, 0) is 19.7 Å². The Morgan fingerprint density at radius 2 is 1.64 bits per heavy atom. The first kappa shape index (κ1) is 21.6. The normalized spacial score (nSPS) is 23.1. The monoisotopic (exact) mass is 428 g/mol. The minimum atomic E-state index is -3.53. The van der Waals surface area contributed by atoms with Gasteiger partial charge in [-0.1, -0.05) is 6.92 Å². The zero-order valence-corrected chi connectivity index (χ0v) is 18.7. The van der Waals surface area contributed by atoms with Gasteiger partial charge in [-0.2, -0.15) is 0 Å². The molecule has 0 aromatic heterocycles. The van der Waals surface area contributed by atoms with Gasteiger partial charge >= 0.3 is 0 Å². The molecule has 0 spiro atoms. The Balaban J connectivity index is 1.80. The molecule has 2 aliphatic rings. The van der Waals surface area contributed by atoms with Crippen molar-refractivity contribution in [2.75, 3.05) is 50.1 Å². The Hall–Kier alpha value is -1.12. The Morgan fingerprint density at radius 3 is 2.25 bits per heavy atom. The van der Waals surface area contributed by atoms with Crippen molar-refractivity contribution in [3.8, 4) is 0 Å². The first-order valence-corrected chi connectivity index (χ1v) is 13.8. The molecule has 1 atom stereocenters. The van der Waals surface area contributed by atoms with E-state index >= 15 is 0 Å². The summed E-state index contributed by atoms with van der Waals surface area (Å²) in [5.41, 5.74) is 0.631. The molecule has 28 heavy (non-hydrogen) atoms. The van der Waals surface area contributed by atoms with Crippen molar-refractivity contribution in [2.24, 2.45) is 11.8 Å². The van der Waals surface area contributed by atoms with Crippen LogP contribution in [0.3, 0.4) is 0 Å². The van der Waals surface area contributed by atoms with Crippen molar-refractivity contribution < 1.29 is 16.8 Å². The zero-order chi connectivity index (χ0) is 20.5. The summed E-state index contributed by atoms with van der Waals surface area (Å²) >= 11 is 0. The van der Waals surface area contributed by atoms with E-state index in [4.69, 9.17) is 0 Å². The Labute approximate surface area is 169 Å². The molecule has 8 heteroatoms. The maximum atomic E-state index is 12.4. The van der Waals surface area contributed by atoms with E-state index in [1.165, 1.54) is 25.0 Å². The van der Waals surface area contributed by atoms with Gasteiger partial charge in [0.15, 0.2) is 19.7 Å². The molecule has 0 N–H and O–H groups in total. The SMILES string of the molecule is CC1CCN(CC2CCCN(c3ccc(S(C)(=O)=O)cc3S(C)(=O)=O)C2)CC1. The molecular formula is C20H32N2O4S2. The summed E-state index contributed by atoms with van der Waals surface area (Å²) in [5.74, 6) is 1.31. The molecule has 3 rings (SSSR count). The number of nitrogens with zero attached hydrogens (tertiary/aromatic N) is 2. The summed E-state index contributed by atoms with van der Waals surface area (Å²) in [5, 5.41) is 0. The average Bonchev–Trinajstić information content (AvgIpc) is 2.62. The quantitative estimate of drug-likeness (QED) is 0.717. The zero-order valence-electron chi connectivity index (χ0n) is 17.1. The van der Waals surface area contributed by atoms with Crippen LogP contribution in [0.15, 0.2) is 28.0 Å². The second kappa shape index (κ2) is 8.32. The highest BCUT2D eigenvalue weighted by Crippen LogP contribution is 2.32. The molecule has 2 fully saturated rings. The lowest BCUT2D eigenvalue weighted by atomic mass is 9.94. The van der Waals surface area contributed by atoms with Gasteiger partial charge in [-0.05, 0) is 68.8 Å². The fourth-order valence-electron chi connectivity index (χ4n) is 4.33. The minimum absolute atomic E-state index is 0.0488. The highest BCUT2D eigenvalue weighted by Gasteiger charge is 2.27. The van der Waals surface area contributed by atoms with Crippen LogP contribution in [0.5, 0.6) is 0 Å². The van der Waals surface area contributed by atoms with Crippen LogP contribution < -0.4 is 4.90 Å². The Morgan fingerprint density at radius 1 is 0.964 bits per heavy atom. The summed E-state index contributed by atoms with van der Waals surface area (Å²) in [6.45, 7) is 7.27. The van der Waals surface area contributed by atoms with Gasteiger partial charge in [0.2, 0.25) is 0 Å². The molecule has 2 aliphatic heterocycles. The van der Waals surface area contributed by atoms with E-state index in [0.29, 0.717) is 11.6 Å². The van der Waals surface area contributed by atoms with Gasteiger partial charge in [-0.25, -0.2) is 16.8 Å². The molecule has 1 aromatic rings. The third kappa shape index (κ3) is 5.27. The van der Waals surface area contributed by atoms with Crippen molar-refractivity contribution in [2.45, 2.75) is 42.4 Å². The number of sulfone groups is 2. The summed E-state index contributed by atoms with van der Waals surface area (Å²) in [4.78, 5) is 4.83. The lowest BCUT2D eigenvalue weighted by Gasteiger charge is -2.39. The molecule has 1 unspecified atom stereocenters. The van der Waals surface area contributed by atoms with E-state index in [-0.39, 0.29) is 9.79 Å². The predicted octanol–water partition coefficient (Wildman–Crippen LogP) is 2.44. The average molecular weight is 429 g/mol.